The summed E-state index contributed by atoms with van der Waals surface area (Å²) in [5.41, 5.74) is 3.33. The number of dihydropyridines is 1. The van der Waals surface area contributed by atoms with E-state index in [4.69, 9.17) is 9.84 Å². The van der Waals surface area contributed by atoms with Crippen molar-refractivity contribution >= 4 is 17.7 Å². The molecule has 6 heteroatoms. The van der Waals surface area contributed by atoms with Crippen LogP contribution in [0.5, 0.6) is 0 Å². The predicted octanol–water partition coefficient (Wildman–Crippen LogP) is 2.53. The molecule has 1 aromatic carbocycles. The highest BCUT2D eigenvalue weighted by Crippen LogP contribution is 2.42. The number of rotatable bonds is 3. The minimum Gasteiger partial charge on any atom is -0.478 e. The summed E-state index contributed by atoms with van der Waals surface area (Å²) in [5, 5.41) is 12.3. The smallest absolute Gasteiger partial charge is 0.336 e. The van der Waals surface area contributed by atoms with Gasteiger partial charge in [-0.1, -0.05) is 12.1 Å². The molecule has 2 N–H and O–H groups in total. The van der Waals surface area contributed by atoms with E-state index in [-0.39, 0.29) is 11.3 Å². The highest BCUT2D eigenvalue weighted by atomic mass is 16.5. The molecule has 25 heavy (non-hydrogen) atoms. The zero-order valence-corrected chi connectivity index (χ0v) is 14.1. The highest BCUT2D eigenvalue weighted by Gasteiger charge is 2.38. The van der Waals surface area contributed by atoms with Gasteiger partial charge >= 0.3 is 11.9 Å². The van der Waals surface area contributed by atoms with Crippen LogP contribution in [0.3, 0.4) is 0 Å². The molecule has 1 heterocycles. The number of carbonyl (C=O) groups is 3. The molecule has 1 aliphatic carbocycles. The molecule has 0 radical (unpaired) electrons. The summed E-state index contributed by atoms with van der Waals surface area (Å²) in [6, 6.07) is 6.28. The van der Waals surface area contributed by atoms with Crippen LogP contribution in [-0.4, -0.2) is 29.9 Å². The fourth-order valence-electron chi connectivity index (χ4n) is 3.52. The molecule has 6 nitrogen and oxygen atoms in total. The van der Waals surface area contributed by atoms with E-state index in [2.05, 4.69) is 5.32 Å². The van der Waals surface area contributed by atoms with Crippen molar-refractivity contribution < 1.29 is 24.2 Å². The SMILES string of the molecule is COC(=O)C1=C(C)NC2=C(C(=O)CCC2)[C@@H]1c1ccc(C(=O)O)cc1. The Kier molecular flexibility index (Phi) is 4.44. The normalized spacial score (nSPS) is 20.1. The van der Waals surface area contributed by atoms with Crippen LogP contribution < -0.4 is 5.32 Å². The monoisotopic (exact) mass is 341 g/mol. The van der Waals surface area contributed by atoms with Crippen molar-refractivity contribution in [2.24, 2.45) is 0 Å². The number of benzene rings is 1. The first kappa shape index (κ1) is 17.0. The molecule has 0 amide bonds. The van der Waals surface area contributed by atoms with Crippen LogP contribution in [0.4, 0.5) is 0 Å². The van der Waals surface area contributed by atoms with Gasteiger partial charge in [-0.25, -0.2) is 9.59 Å². The first-order valence-corrected chi connectivity index (χ1v) is 8.09. The number of ketones is 1. The molecule has 0 saturated heterocycles. The number of hydrogen-bond donors (Lipinski definition) is 2. The first-order chi connectivity index (χ1) is 11.9. The summed E-state index contributed by atoms with van der Waals surface area (Å²) < 4.78 is 4.92. The summed E-state index contributed by atoms with van der Waals surface area (Å²) in [5.74, 6) is -2.05. The van der Waals surface area contributed by atoms with Crippen molar-refractivity contribution in [3.05, 3.63) is 57.9 Å². The van der Waals surface area contributed by atoms with Gasteiger partial charge in [0.2, 0.25) is 0 Å². The van der Waals surface area contributed by atoms with Crippen molar-refractivity contribution in [3.8, 4) is 0 Å². The molecular formula is C19H19NO5. The molecule has 1 aliphatic heterocycles. The third-order valence-electron chi connectivity index (χ3n) is 4.67. The predicted molar refractivity (Wildman–Crippen MR) is 89.9 cm³/mol. The molecule has 1 aromatic rings. The van der Waals surface area contributed by atoms with Gasteiger partial charge in [0.1, 0.15) is 0 Å². The van der Waals surface area contributed by atoms with Gasteiger partial charge in [-0.15, -0.1) is 0 Å². The molecule has 1 atom stereocenters. The van der Waals surface area contributed by atoms with Gasteiger partial charge in [-0.2, -0.15) is 0 Å². The lowest BCUT2D eigenvalue weighted by molar-refractivity contribution is -0.136. The Hall–Kier alpha value is -2.89. The number of hydrogen-bond acceptors (Lipinski definition) is 5. The molecule has 0 saturated carbocycles. The molecule has 2 aliphatic rings. The Labute approximate surface area is 145 Å². The topological polar surface area (TPSA) is 92.7 Å². The van der Waals surface area contributed by atoms with E-state index in [0.29, 0.717) is 28.8 Å². The molecular weight excluding hydrogens is 322 g/mol. The first-order valence-electron chi connectivity index (χ1n) is 8.09. The lowest BCUT2D eigenvalue weighted by atomic mass is 9.75. The second-order valence-electron chi connectivity index (χ2n) is 6.18. The number of esters is 1. The number of ether oxygens (including phenoxy) is 1. The minimum atomic E-state index is -1.02. The zero-order valence-electron chi connectivity index (χ0n) is 14.1. The third-order valence-corrected chi connectivity index (χ3v) is 4.67. The summed E-state index contributed by atoms with van der Waals surface area (Å²) in [4.78, 5) is 36.0. The van der Waals surface area contributed by atoms with Crippen LogP contribution in [0.15, 0.2) is 46.8 Å². The number of Topliss-reactive ketones (excluding diaryl/α,β-unsaturated/α-hetero) is 1. The van der Waals surface area contributed by atoms with Gasteiger partial charge in [0.05, 0.1) is 18.2 Å². The summed E-state index contributed by atoms with van der Waals surface area (Å²) in [6.45, 7) is 1.79. The lowest BCUT2D eigenvalue weighted by Crippen LogP contribution is -2.34. The van der Waals surface area contributed by atoms with Crippen molar-refractivity contribution in [1.82, 2.24) is 5.32 Å². The number of allylic oxidation sites excluding steroid dienone is 3. The van der Waals surface area contributed by atoms with Crippen LogP contribution in [0.25, 0.3) is 0 Å². The fraction of sp³-hybridized carbons (Fsp3) is 0.316. The number of carboxylic acids is 1. The molecule has 0 bridgehead atoms. The Morgan fingerprint density at radius 3 is 2.48 bits per heavy atom. The van der Waals surface area contributed by atoms with Crippen molar-refractivity contribution in [3.63, 3.8) is 0 Å². The summed E-state index contributed by atoms with van der Waals surface area (Å²) >= 11 is 0. The Balaban J connectivity index is 2.15. The Morgan fingerprint density at radius 2 is 1.88 bits per heavy atom. The zero-order chi connectivity index (χ0) is 18.1. The minimum absolute atomic E-state index is 0.00923. The second-order valence-corrected chi connectivity index (χ2v) is 6.18. The maximum Gasteiger partial charge on any atom is 0.336 e. The van der Waals surface area contributed by atoms with Crippen LogP contribution in [0.2, 0.25) is 0 Å². The van der Waals surface area contributed by atoms with Crippen LogP contribution >= 0.6 is 0 Å². The van der Waals surface area contributed by atoms with E-state index in [1.54, 1.807) is 19.1 Å². The lowest BCUT2D eigenvalue weighted by Gasteiger charge is -2.34. The molecule has 0 aromatic heterocycles. The van der Waals surface area contributed by atoms with Crippen LogP contribution in [-0.2, 0) is 14.3 Å². The quantitative estimate of drug-likeness (QED) is 0.821. The molecule has 0 fully saturated rings. The van der Waals surface area contributed by atoms with Gasteiger partial charge < -0.3 is 15.2 Å². The van der Waals surface area contributed by atoms with Crippen LogP contribution in [0.1, 0.15) is 48.0 Å². The van der Waals surface area contributed by atoms with E-state index in [1.165, 1.54) is 19.2 Å². The average molecular weight is 341 g/mol. The average Bonchev–Trinajstić information content (AvgIpc) is 2.60. The van der Waals surface area contributed by atoms with E-state index in [0.717, 1.165) is 18.5 Å². The Bertz CT molecular complexity index is 817. The van der Waals surface area contributed by atoms with Crippen molar-refractivity contribution in [2.45, 2.75) is 32.1 Å². The van der Waals surface area contributed by atoms with E-state index in [1.807, 2.05) is 0 Å². The van der Waals surface area contributed by atoms with E-state index < -0.39 is 17.9 Å². The summed E-state index contributed by atoms with van der Waals surface area (Å²) in [7, 11) is 1.31. The molecule has 130 valence electrons. The van der Waals surface area contributed by atoms with E-state index in [9.17, 15) is 14.4 Å². The molecule has 0 spiro atoms. The third kappa shape index (κ3) is 2.95. The second kappa shape index (κ2) is 6.55. The standard InChI is InChI=1S/C19H19NO5/c1-10-15(19(24)25-2)16(11-6-8-12(9-7-11)18(22)23)17-13(20-10)4-3-5-14(17)21/h6-9,16,20H,3-5H2,1-2H3,(H,22,23)/t16-/m1/s1. The summed E-state index contributed by atoms with van der Waals surface area (Å²) in [6.07, 6.45) is 1.96. The molecule has 0 unspecified atom stereocenters. The number of carbonyl (C=O) groups excluding carboxylic acids is 2. The number of aromatic carboxylic acids is 1. The maximum atomic E-state index is 12.6. The van der Waals surface area contributed by atoms with Gasteiger partial charge in [-0.3, -0.25) is 4.79 Å². The Morgan fingerprint density at radius 1 is 1.20 bits per heavy atom. The number of carboxylic acid groups (broad SMARTS) is 1. The maximum absolute atomic E-state index is 12.6. The van der Waals surface area contributed by atoms with Gasteiger partial charge in [0.15, 0.2) is 5.78 Å². The number of nitrogens with one attached hydrogen (secondary N) is 1. The fourth-order valence-corrected chi connectivity index (χ4v) is 3.52. The van der Waals surface area contributed by atoms with E-state index >= 15 is 0 Å². The van der Waals surface area contributed by atoms with Crippen molar-refractivity contribution in [1.29, 1.82) is 0 Å². The number of methoxy groups -OCH3 is 1. The largest absolute Gasteiger partial charge is 0.478 e. The van der Waals surface area contributed by atoms with Gasteiger partial charge in [-0.05, 0) is 37.5 Å². The van der Waals surface area contributed by atoms with Gasteiger partial charge in [0.25, 0.3) is 0 Å². The molecule has 3 rings (SSSR count). The van der Waals surface area contributed by atoms with Crippen molar-refractivity contribution in [2.75, 3.05) is 7.11 Å². The van der Waals surface area contributed by atoms with Gasteiger partial charge in [0, 0.05) is 29.3 Å². The van der Waals surface area contributed by atoms with Crippen LogP contribution in [0, 0.1) is 0 Å². The highest BCUT2D eigenvalue weighted by molar-refractivity contribution is 6.03.